The van der Waals surface area contributed by atoms with Crippen LogP contribution in [-0.4, -0.2) is 41.7 Å². The molecular formula is C18H24N4O4. The SMILES string of the molecule is CCCN(CC(=O)Nc1cc(C)on1)C(=O)Nc1ccc(OCC)cc1. The third-order valence-electron chi connectivity index (χ3n) is 3.43. The topological polar surface area (TPSA) is 96.7 Å². The standard InChI is InChI=1S/C18H24N4O4/c1-4-10-22(12-17(23)20-16-11-13(3)26-21-16)18(24)19-14-6-8-15(9-7-14)25-5-2/h6-9,11H,4-5,10,12H2,1-3H3,(H,19,24)(H,20,21,23). The quantitative estimate of drug-likeness (QED) is 0.753. The number of nitrogens with zero attached hydrogens (tertiary/aromatic N) is 2. The van der Waals surface area contributed by atoms with E-state index in [1.807, 2.05) is 13.8 Å². The normalized spacial score (nSPS) is 10.3. The van der Waals surface area contributed by atoms with Crippen LogP contribution in [0.3, 0.4) is 0 Å². The number of hydrogen-bond acceptors (Lipinski definition) is 5. The van der Waals surface area contributed by atoms with Gasteiger partial charge in [0.1, 0.15) is 18.1 Å². The molecule has 0 radical (unpaired) electrons. The van der Waals surface area contributed by atoms with Gasteiger partial charge in [-0.05, 0) is 44.5 Å². The Bertz CT molecular complexity index is 727. The van der Waals surface area contributed by atoms with Crippen LogP contribution in [0.4, 0.5) is 16.3 Å². The van der Waals surface area contributed by atoms with Gasteiger partial charge in [0.15, 0.2) is 5.82 Å². The highest BCUT2D eigenvalue weighted by molar-refractivity contribution is 5.96. The van der Waals surface area contributed by atoms with Crippen LogP contribution in [0, 0.1) is 6.92 Å². The van der Waals surface area contributed by atoms with Crippen molar-refractivity contribution in [3.63, 3.8) is 0 Å². The van der Waals surface area contributed by atoms with Crippen molar-refractivity contribution < 1.29 is 18.8 Å². The molecule has 0 unspecified atom stereocenters. The molecule has 1 heterocycles. The van der Waals surface area contributed by atoms with Crippen LogP contribution in [0.15, 0.2) is 34.9 Å². The summed E-state index contributed by atoms with van der Waals surface area (Å²) in [4.78, 5) is 26.1. The summed E-state index contributed by atoms with van der Waals surface area (Å²) in [6.45, 7) is 6.53. The van der Waals surface area contributed by atoms with Gasteiger partial charge in [-0.25, -0.2) is 4.79 Å². The van der Waals surface area contributed by atoms with Crippen molar-refractivity contribution >= 4 is 23.4 Å². The lowest BCUT2D eigenvalue weighted by atomic mass is 10.3. The highest BCUT2D eigenvalue weighted by Gasteiger charge is 2.17. The minimum Gasteiger partial charge on any atom is -0.494 e. The maximum absolute atomic E-state index is 12.5. The summed E-state index contributed by atoms with van der Waals surface area (Å²) >= 11 is 0. The number of amides is 3. The summed E-state index contributed by atoms with van der Waals surface area (Å²) in [5.74, 6) is 1.32. The van der Waals surface area contributed by atoms with Gasteiger partial charge in [0.25, 0.3) is 0 Å². The van der Waals surface area contributed by atoms with E-state index in [1.54, 1.807) is 37.3 Å². The molecule has 0 saturated carbocycles. The maximum atomic E-state index is 12.5. The second-order valence-electron chi connectivity index (χ2n) is 5.68. The van der Waals surface area contributed by atoms with E-state index in [-0.39, 0.29) is 18.5 Å². The van der Waals surface area contributed by atoms with Crippen molar-refractivity contribution in [2.24, 2.45) is 0 Å². The van der Waals surface area contributed by atoms with Crippen molar-refractivity contribution in [2.45, 2.75) is 27.2 Å². The third-order valence-corrected chi connectivity index (χ3v) is 3.43. The fourth-order valence-electron chi connectivity index (χ4n) is 2.31. The highest BCUT2D eigenvalue weighted by atomic mass is 16.5. The Morgan fingerprint density at radius 2 is 1.92 bits per heavy atom. The zero-order chi connectivity index (χ0) is 18.9. The van der Waals surface area contributed by atoms with Gasteiger partial charge in [0, 0.05) is 18.3 Å². The Hall–Kier alpha value is -3.03. The number of anilines is 2. The molecule has 0 fully saturated rings. The second kappa shape index (κ2) is 9.45. The molecule has 8 nitrogen and oxygen atoms in total. The molecule has 2 aromatic rings. The molecule has 0 saturated heterocycles. The number of nitrogens with one attached hydrogen (secondary N) is 2. The number of aromatic nitrogens is 1. The van der Waals surface area contributed by atoms with Gasteiger partial charge >= 0.3 is 6.03 Å². The molecule has 0 aliphatic carbocycles. The average Bonchev–Trinajstić information content (AvgIpc) is 3.01. The number of carbonyl (C=O) groups excluding carboxylic acids is 2. The van der Waals surface area contributed by atoms with E-state index in [1.165, 1.54) is 4.90 Å². The van der Waals surface area contributed by atoms with E-state index in [0.717, 1.165) is 12.2 Å². The Morgan fingerprint density at radius 3 is 2.50 bits per heavy atom. The smallest absolute Gasteiger partial charge is 0.322 e. The van der Waals surface area contributed by atoms with Crippen molar-refractivity contribution in [3.8, 4) is 5.75 Å². The molecule has 26 heavy (non-hydrogen) atoms. The van der Waals surface area contributed by atoms with Crippen LogP contribution in [0.2, 0.25) is 0 Å². The van der Waals surface area contributed by atoms with Crippen LogP contribution < -0.4 is 15.4 Å². The van der Waals surface area contributed by atoms with Crippen molar-refractivity contribution in [3.05, 3.63) is 36.1 Å². The first-order valence-electron chi connectivity index (χ1n) is 8.53. The number of rotatable bonds is 8. The van der Waals surface area contributed by atoms with Gasteiger partial charge in [0.2, 0.25) is 5.91 Å². The van der Waals surface area contributed by atoms with Crippen LogP contribution in [-0.2, 0) is 4.79 Å². The second-order valence-corrected chi connectivity index (χ2v) is 5.68. The molecule has 0 aliphatic heterocycles. The molecule has 140 valence electrons. The zero-order valence-corrected chi connectivity index (χ0v) is 15.2. The maximum Gasteiger partial charge on any atom is 0.322 e. The monoisotopic (exact) mass is 360 g/mol. The lowest BCUT2D eigenvalue weighted by Gasteiger charge is -2.21. The summed E-state index contributed by atoms with van der Waals surface area (Å²) in [5.41, 5.74) is 0.632. The van der Waals surface area contributed by atoms with Gasteiger partial charge in [-0.3, -0.25) is 4.79 Å². The van der Waals surface area contributed by atoms with Crippen LogP contribution in [0.1, 0.15) is 26.0 Å². The number of ether oxygens (including phenoxy) is 1. The van der Waals surface area contributed by atoms with Crippen LogP contribution in [0.25, 0.3) is 0 Å². The molecule has 2 N–H and O–H groups in total. The number of hydrogen-bond donors (Lipinski definition) is 2. The first kappa shape index (κ1) is 19.3. The summed E-state index contributed by atoms with van der Waals surface area (Å²) in [7, 11) is 0. The number of carbonyl (C=O) groups is 2. The lowest BCUT2D eigenvalue weighted by Crippen LogP contribution is -2.41. The van der Waals surface area contributed by atoms with Crippen LogP contribution >= 0.6 is 0 Å². The fraction of sp³-hybridized carbons (Fsp3) is 0.389. The summed E-state index contributed by atoms with van der Waals surface area (Å²) in [6.07, 6.45) is 0.729. The minimum absolute atomic E-state index is 0.0807. The Balaban J connectivity index is 1.94. The number of aryl methyl sites for hydroxylation is 1. The highest BCUT2D eigenvalue weighted by Crippen LogP contribution is 2.16. The molecule has 8 heteroatoms. The van der Waals surface area contributed by atoms with E-state index in [9.17, 15) is 9.59 Å². The summed E-state index contributed by atoms with van der Waals surface area (Å²) < 4.78 is 10.3. The first-order valence-corrected chi connectivity index (χ1v) is 8.53. The predicted octanol–water partition coefficient (Wildman–Crippen LogP) is 3.26. The van der Waals surface area contributed by atoms with Gasteiger partial charge in [-0.1, -0.05) is 12.1 Å². The number of urea groups is 1. The van der Waals surface area contributed by atoms with E-state index >= 15 is 0 Å². The molecule has 0 atom stereocenters. The van der Waals surface area contributed by atoms with Gasteiger partial charge in [-0.2, -0.15) is 0 Å². The fourth-order valence-corrected chi connectivity index (χ4v) is 2.31. The van der Waals surface area contributed by atoms with Gasteiger partial charge < -0.3 is 24.8 Å². The molecular weight excluding hydrogens is 336 g/mol. The predicted molar refractivity (Wildman–Crippen MR) is 98.4 cm³/mol. The third kappa shape index (κ3) is 5.80. The van der Waals surface area contributed by atoms with E-state index < -0.39 is 0 Å². The minimum atomic E-state index is -0.345. The first-order chi connectivity index (χ1) is 12.5. The van der Waals surface area contributed by atoms with Crippen molar-refractivity contribution in [1.29, 1.82) is 0 Å². The molecule has 2 rings (SSSR count). The van der Waals surface area contributed by atoms with Gasteiger partial charge in [-0.15, -0.1) is 0 Å². The Labute approximate surface area is 152 Å². The molecule has 1 aromatic carbocycles. The molecule has 0 aliphatic rings. The lowest BCUT2D eigenvalue weighted by molar-refractivity contribution is -0.116. The average molecular weight is 360 g/mol. The Kier molecular flexibility index (Phi) is 7.02. The molecule has 3 amide bonds. The Morgan fingerprint density at radius 1 is 1.19 bits per heavy atom. The molecule has 0 spiro atoms. The number of benzene rings is 1. The zero-order valence-electron chi connectivity index (χ0n) is 15.2. The van der Waals surface area contributed by atoms with Crippen LogP contribution in [0.5, 0.6) is 5.75 Å². The van der Waals surface area contributed by atoms with Gasteiger partial charge in [0.05, 0.1) is 6.61 Å². The van der Waals surface area contributed by atoms with E-state index in [0.29, 0.717) is 30.4 Å². The van der Waals surface area contributed by atoms with E-state index in [2.05, 4.69) is 15.8 Å². The van der Waals surface area contributed by atoms with E-state index in [4.69, 9.17) is 9.26 Å². The molecule has 0 bridgehead atoms. The summed E-state index contributed by atoms with van der Waals surface area (Å²) in [6, 6.07) is 8.34. The van der Waals surface area contributed by atoms with Crippen molar-refractivity contribution in [1.82, 2.24) is 10.1 Å². The molecule has 1 aromatic heterocycles. The summed E-state index contributed by atoms with van der Waals surface area (Å²) in [5, 5.41) is 9.10. The largest absolute Gasteiger partial charge is 0.494 e. The van der Waals surface area contributed by atoms with Crippen molar-refractivity contribution in [2.75, 3.05) is 30.3 Å².